The second kappa shape index (κ2) is 3.96. The molecule has 0 aromatic carbocycles. The first kappa shape index (κ1) is 8.03. The Labute approximate surface area is 56.4 Å². The predicted octanol–water partition coefficient (Wildman–Crippen LogP) is 1.37. The number of nitrogens with zero attached hydrogens (tertiary/aromatic N) is 2. The van der Waals surface area contributed by atoms with Gasteiger partial charge in [0.25, 0.3) is 0 Å². The van der Waals surface area contributed by atoms with Crippen molar-refractivity contribution in [3.8, 4) is 6.07 Å². The van der Waals surface area contributed by atoms with Crippen molar-refractivity contribution in [3.05, 3.63) is 11.8 Å². The third-order valence-electron chi connectivity index (χ3n) is 1.17. The summed E-state index contributed by atoms with van der Waals surface area (Å²) in [5.74, 6) is 0. The monoisotopic (exact) mass is 124 g/mol. The molecule has 0 heterocycles. The van der Waals surface area contributed by atoms with Crippen LogP contribution in [0.25, 0.3) is 0 Å². The van der Waals surface area contributed by atoms with E-state index < -0.39 is 0 Å². The Morgan fingerprint density at radius 2 is 2.22 bits per heavy atom. The highest BCUT2D eigenvalue weighted by molar-refractivity contribution is 5.10. The molecule has 0 aromatic heterocycles. The van der Waals surface area contributed by atoms with Gasteiger partial charge in [-0.1, -0.05) is 6.92 Å². The van der Waals surface area contributed by atoms with E-state index in [2.05, 4.69) is 0 Å². The normalized spacial score (nSPS) is 10.7. The molecule has 0 N–H and O–H groups in total. The van der Waals surface area contributed by atoms with Gasteiger partial charge < -0.3 is 4.90 Å². The molecule has 50 valence electrons. The van der Waals surface area contributed by atoms with Gasteiger partial charge >= 0.3 is 0 Å². The highest BCUT2D eigenvalue weighted by Crippen LogP contribution is 2.01. The minimum absolute atomic E-state index is 0.917. The van der Waals surface area contributed by atoms with Crippen molar-refractivity contribution in [1.29, 1.82) is 5.26 Å². The topological polar surface area (TPSA) is 27.0 Å². The van der Waals surface area contributed by atoms with E-state index in [0.29, 0.717) is 0 Å². The smallest absolute Gasteiger partial charge is 0.0930 e. The van der Waals surface area contributed by atoms with Crippen LogP contribution in [0.1, 0.15) is 13.3 Å². The van der Waals surface area contributed by atoms with Crippen LogP contribution in [-0.4, -0.2) is 19.0 Å². The van der Waals surface area contributed by atoms with Crippen molar-refractivity contribution in [3.63, 3.8) is 0 Å². The van der Waals surface area contributed by atoms with Crippen molar-refractivity contribution in [2.24, 2.45) is 0 Å². The van der Waals surface area contributed by atoms with E-state index in [-0.39, 0.29) is 0 Å². The lowest BCUT2D eigenvalue weighted by Gasteiger charge is -2.13. The number of hydrogen-bond acceptors (Lipinski definition) is 2. The van der Waals surface area contributed by atoms with Gasteiger partial charge in [0.1, 0.15) is 0 Å². The van der Waals surface area contributed by atoms with E-state index in [1.807, 2.05) is 32.0 Å². The second-order valence-corrected chi connectivity index (χ2v) is 2.01. The van der Waals surface area contributed by atoms with Crippen LogP contribution in [0.2, 0.25) is 0 Å². The van der Waals surface area contributed by atoms with Crippen LogP contribution in [0.3, 0.4) is 0 Å². The van der Waals surface area contributed by atoms with Crippen molar-refractivity contribution in [2.45, 2.75) is 13.3 Å². The molecule has 0 saturated carbocycles. The summed E-state index contributed by atoms with van der Waals surface area (Å²) in [6, 6.07) is 2.00. The van der Waals surface area contributed by atoms with E-state index in [4.69, 9.17) is 5.26 Å². The Bertz CT molecular complexity index is 139. The molecule has 2 nitrogen and oxygen atoms in total. The van der Waals surface area contributed by atoms with Crippen molar-refractivity contribution in [1.82, 2.24) is 4.90 Å². The summed E-state index contributed by atoms with van der Waals surface area (Å²) in [5.41, 5.74) is 1.07. The Morgan fingerprint density at radius 3 is 2.33 bits per heavy atom. The molecule has 0 spiro atoms. The number of allylic oxidation sites excluding steroid dienone is 2. The zero-order chi connectivity index (χ0) is 7.28. The molecule has 0 aliphatic rings. The van der Waals surface area contributed by atoms with Crippen LogP contribution >= 0.6 is 0 Å². The fraction of sp³-hybridized carbons (Fsp3) is 0.571. The fourth-order valence-corrected chi connectivity index (χ4v) is 0.622. The molecule has 0 bridgehead atoms. The summed E-state index contributed by atoms with van der Waals surface area (Å²) in [4.78, 5) is 1.95. The average Bonchev–Trinajstić information content (AvgIpc) is 1.82. The van der Waals surface area contributed by atoms with Crippen LogP contribution in [-0.2, 0) is 0 Å². The maximum Gasteiger partial charge on any atom is 0.0930 e. The minimum Gasteiger partial charge on any atom is -0.380 e. The van der Waals surface area contributed by atoms with Crippen LogP contribution in [0.5, 0.6) is 0 Å². The van der Waals surface area contributed by atoms with Crippen molar-refractivity contribution in [2.75, 3.05) is 14.1 Å². The summed E-state index contributed by atoms with van der Waals surface area (Å²) in [5, 5.41) is 8.26. The maximum atomic E-state index is 8.26. The number of hydrogen-bond donors (Lipinski definition) is 0. The van der Waals surface area contributed by atoms with Crippen LogP contribution in [0.4, 0.5) is 0 Å². The average molecular weight is 124 g/mol. The lowest BCUT2D eigenvalue weighted by Crippen LogP contribution is -2.09. The molecule has 9 heavy (non-hydrogen) atoms. The largest absolute Gasteiger partial charge is 0.380 e. The van der Waals surface area contributed by atoms with Gasteiger partial charge in [0.2, 0.25) is 0 Å². The molecule has 0 aliphatic carbocycles. The molecule has 0 unspecified atom stereocenters. The van der Waals surface area contributed by atoms with Gasteiger partial charge in [0, 0.05) is 25.9 Å². The zero-order valence-corrected chi connectivity index (χ0v) is 6.18. The highest BCUT2D eigenvalue weighted by atomic mass is 15.1. The summed E-state index contributed by atoms with van der Waals surface area (Å²) in [7, 11) is 3.87. The maximum absolute atomic E-state index is 8.26. The molecule has 0 rings (SSSR count). The third kappa shape index (κ3) is 2.76. The van der Waals surface area contributed by atoms with Gasteiger partial charge in [-0.25, -0.2) is 0 Å². The Kier molecular flexibility index (Phi) is 3.54. The van der Waals surface area contributed by atoms with Crippen molar-refractivity contribution < 1.29 is 0 Å². The molecule has 0 aliphatic heterocycles. The summed E-state index contributed by atoms with van der Waals surface area (Å²) in [6.07, 6.45) is 2.49. The standard InChI is InChI=1S/C7H12N2/c1-4-7(5-6-8)9(2)3/h5H,4H2,1-3H3. The molecular formula is C7H12N2. The third-order valence-corrected chi connectivity index (χ3v) is 1.17. The first-order valence-corrected chi connectivity index (χ1v) is 2.98. The molecule has 2 heteroatoms. The quantitative estimate of drug-likeness (QED) is 0.520. The lowest BCUT2D eigenvalue weighted by molar-refractivity contribution is 0.494. The first-order valence-electron chi connectivity index (χ1n) is 2.98. The zero-order valence-electron chi connectivity index (χ0n) is 6.18. The summed E-state index contributed by atoms with van der Waals surface area (Å²) >= 11 is 0. The number of rotatable bonds is 2. The van der Waals surface area contributed by atoms with Gasteiger partial charge in [-0.15, -0.1) is 0 Å². The van der Waals surface area contributed by atoms with Crippen LogP contribution in [0, 0.1) is 11.3 Å². The summed E-state index contributed by atoms with van der Waals surface area (Å²) in [6.45, 7) is 2.03. The van der Waals surface area contributed by atoms with Gasteiger partial charge in [0.15, 0.2) is 0 Å². The Balaban J connectivity index is 4.02. The summed E-state index contributed by atoms with van der Waals surface area (Å²) < 4.78 is 0. The fourth-order valence-electron chi connectivity index (χ4n) is 0.622. The van der Waals surface area contributed by atoms with Gasteiger partial charge in [-0.05, 0) is 6.42 Å². The lowest BCUT2D eigenvalue weighted by atomic mass is 10.3. The predicted molar refractivity (Wildman–Crippen MR) is 37.7 cm³/mol. The van der Waals surface area contributed by atoms with E-state index in [1.165, 1.54) is 0 Å². The van der Waals surface area contributed by atoms with Crippen LogP contribution < -0.4 is 0 Å². The Morgan fingerprint density at radius 1 is 1.67 bits per heavy atom. The van der Waals surface area contributed by atoms with Gasteiger partial charge in [0.05, 0.1) is 6.07 Å². The van der Waals surface area contributed by atoms with Crippen LogP contribution in [0.15, 0.2) is 11.8 Å². The Hall–Kier alpha value is -0.970. The molecule has 0 amide bonds. The first-order chi connectivity index (χ1) is 4.22. The molecular weight excluding hydrogens is 112 g/mol. The van der Waals surface area contributed by atoms with Gasteiger partial charge in [-0.3, -0.25) is 0 Å². The van der Waals surface area contributed by atoms with E-state index in [1.54, 1.807) is 6.08 Å². The van der Waals surface area contributed by atoms with E-state index >= 15 is 0 Å². The molecule has 0 fully saturated rings. The molecule has 0 atom stereocenters. The van der Waals surface area contributed by atoms with Crippen molar-refractivity contribution >= 4 is 0 Å². The highest BCUT2D eigenvalue weighted by Gasteiger charge is 1.92. The second-order valence-electron chi connectivity index (χ2n) is 2.01. The van der Waals surface area contributed by atoms with Gasteiger partial charge in [-0.2, -0.15) is 5.26 Å². The molecule has 0 radical (unpaired) electrons. The van der Waals surface area contributed by atoms with E-state index in [9.17, 15) is 0 Å². The minimum atomic E-state index is 0.917. The molecule has 0 aromatic rings. The SMILES string of the molecule is CCC(=CC#N)N(C)C. The number of nitriles is 1. The van der Waals surface area contributed by atoms with E-state index in [0.717, 1.165) is 12.1 Å². The molecule has 0 saturated heterocycles.